The molecule has 3 rings (SSSR count). The number of carbonyl (C=O) groups is 1. The third-order valence-electron chi connectivity index (χ3n) is 3.94. The summed E-state index contributed by atoms with van der Waals surface area (Å²) in [7, 11) is 1.56. The number of hydrogen-bond acceptors (Lipinski definition) is 6. The van der Waals surface area contributed by atoms with Crippen LogP contribution < -0.4 is 15.0 Å². The van der Waals surface area contributed by atoms with Crippen molar-refractivity contribution in [3.63, 3.8) is 0 Å². The molecule has 1 fully saturated rings. The monoisotopic (exact) mass is 323 g/mol. The number of nitrogens with one attached hydrogen (secondary N) is 1. The van der Waals surface area contributed by atoms with Crippen LogP contribution in [0, 0.1) is 11.3 Å². The summed E-state index contributed by atoms with van der Waals surface area (Å²) < 4.78 is 5.24. The minimum atomic E-state index is -0.141. The maximum atomic E-state index is 12.3. The van der Waals surface area contributed by atoms with Gasteiger partial charge in [-0.15, -0.1) is 0 Å². The van der Waals surface area contributed by atoms with Crippen molar-refractivity contribution in [3.05, 3.63) is 47.8 Å². The summed E-state index contributed by atoms with van der Waals surface area (Å²) in [5.41, 5.74) is 1.08. The number of nitriles is 1. The van der Waals surface area contributed by atoms with Gasteiger partial charge in [0.05, 0.1) is 18.7 Å². The van der Waals surface area contributed by atoms with Crippen molar-refractivity contribution in [1.29, 1.82) is 5.26 Å². The van der Waals surface area contributed by atoms with Crippen LogP contribution in [0.3, 0.4) is 0 Å². The number of rotatable bonds is 4. The van der Waals surface area contributed by atoms with Crippen molar-refractivity contribution in [2.45, 2.75) is 12.5 Å². The largest absolute Gasteiger partial charge is 0.478 e. The van der Waals surface area contributed by atoms with Crippen molar-refractivity contribution >= 4 is 11.7 Å². The van der Waals surface area contributed by atoms with Crippen LogP contribution >= 0.6 is 0 Å². The molecule has 1 aromatic heterocycles. The van der Waals surface area contributed by atoms with Crippen LogP contribution in [0.5, 0.6) is 5.88 Å². The Balaban J connectivity index is 1.63. The molecule has 0 saturated carbocycles. The van der Waals surface area contributed by atoms with E-state index in [0.717, 1.165) is 13.0 Å². The van der Waals surface area contributed by atoms with Gasteiger partial charge in [0, 0.05) is 37.1 Å². The molecule has 0 radical (unpaired) electrons. The number of methoxy groups -OCH3 is 1. The zero-order valence-corrected chi connectivity index (χ0v) is 13.3. The van der Waals surface area contributed by atoms with Crippen LogP contribution in [0.1, 0.15) is 22.3 Å². The third kappa shape index (κ3) is 3.27. The van der Waals surface area contributed by atoms with Gasteiger partial charge in [-0.1, -0.05) is 0 Å². The summed E-state index contributed by atoms with van der Waals surface area (Å²) in [5.74, 6) is 1.03. The van der Waals surface area contributed by atoms with E-state index in [2.05, 4.69) is 20.2 Å². The number of hydrogen-bond donors (Lipinski definition) is 1. The standard InChI is InChI=1S/C17H17N5O2/c1-24-17-15(19-7-8-20-17)22-9-6-14(11-22)21-16(23)13-4-2-12(10-18)3-5-13/h2-5,7-8,14H,6,9,11H2,1H3,(H,21,23)/t14-/m1/s1. The van der Waals surface area contributed by atoms with Gasteiger partial charge in [0.1, 0.15) is 0 Å². The van der Waals surface area contributed by atoms with E-state index in [1.165, 1.54) is 0 Å². The van der Waals surface area contributed by atoms with E-state index in [4.69, 9.17) is 10.00 Å². The summed E-state index contributed by atoms with van der Waals surface area (Å²) in [6.45, 7) is 1.42. The molecule has 24 heavy (non-hydrogen) atoms. The Morgan fingerprint density at radius 2 is 2.08 bits per heavy atom. The lowest BCUT2D eigenvalue weighted by molar-refractivity contribution is 0.0940. The Hall–Kier alpha value is -3.14. The first kappa shape index (κ1) is 15.7. The zero-order valence-electron chi connectivity index (χ0n) is 13.3. The Morgan fingerprint density at radius 1 is 1.33 bits per heavy atom. The van der Waals surface area contributed by atoms with Gasteiger partial charge in [-0.25, -0.2) is 9.97 Å². The molecule has 7 heteroatoms. The SMILES string of the molecule is COc1nccnc1N1CC[C@@H](NC(=O)c2ccc(C#N)cc2)C1. The van der Waals surface area contributed by atoms with E-state index in [0.29, 0.717) is 29.4 Å². The lowest BCUT2D eigenvalue weighted by atomic mass is 10.1. The van der Waals surface area contributed by atoms with E-state index in [9.17, 15) is 4.79 Å². The molecule has 1 aliphatic rings. The summed E-state index contributed by atoms with van der Waals surface area (Å²) in [5, 5.41) is 11.8. The van der Waals surface area contributed by atoms with Crippen LogP contribution in [-0.2, 0) is 0 Å². The van der Waals surface area contributed by atoms with Gasteiger partial charge in [-0.05, 0) is 30.7 Å². The predicted molar refractivity (Wildman–Crippen MR) is 87.8 cm³/mol. The topological polar surface area (TPSA) is 91.1 Å². The molecule has 1 atom stereocenters. The minimum Gasteiger partial charge on any atom is -0.478 e. The maximum absolute atomic E-state index is 12.3. The molecule has 0 aliphatic carbocycles. The molecule has 122 valence electrons. The number of aromatic nitrogens is 2. The van der Waals surface area contributed by atoms with E-state index >= 15 is 0 Å². The van der Waals surface area contributed by atoms with E-state index < -0.39 is 0 Å². The van der Waals surface area contributed by atoms with E-state index in [1.807, 2.05) is 6.07 Å². The number of carbonyl (C=O) groups excluding carboxylic acids is 1. The van der Waals surface area contributed by atoms with Crippen molar-refractivity contribution in [2.24, 2.45) is 0 Å². The van der Waals surface area contributed by atoms with Crippen molar-refractivity contribution in [1.82, 2.24) is 15.3 Å². The van der Waals surface area contributed by atoms with Crippen molar-refractivity contribution in [3.8, 4) is 11.9 Å². The summed E-state index contributed by atoms with van der Waals surface area (Å²) in [6.07, 6.45) is 4.03. The fraction of sp³-hybridized carbons (Fsp3) is 0.294. The number of anilines is 1. The highest BCUT2D eigenvalue weighted by Gasteiger charge is 2.27. The van der Waals surface area contributed by atoms with Gasteiger partial charge in [0.25, 0.3) is 11.8 Å². The summed E-state index contributed by atoms with van der Waals surface area (Å²) >= 11 is 0. The van der Waals surface area contributed by atoms with Crippen LogP contribution in [0.15, 0.2) is 36.7 Å². The molecule has 1 aliphatic heterocycles. The lowest BCUT2D eigenvalue weighted by Gasteiger charge is -2.19. The highest BCUT2D eigenvalue weighted by Crippen LogP contribution is 2.25. The first-order valence-electron chi connectivity index (χ1n) is 7.62. The lowest BCUT2D eigenvalue weighted by Crippen LogP contribution is -2.37. The fourth-order valence-corrected chi connectivity index (χ4v) is 2.71. The summed E-state index contributed by atoms with van der Waals surface area (Å²) in [6, 6.07) is 8.66. The smallest absolute Gasteiger partial charge is 0.257 e. The Bertz CT molecular complexity index is 769. The second kappa shape index (κ2) is 6.96. The number of ether oxygens (including phenoxy) is 1. The van der Waals surface area contributed by atoms with Gasteiger partial charge in [0.2, 0.25) is 0 Å². The van der Waals surface area contributed by atoms with Gasteiger partial charge in [0.15, 0.2) is 5.82 Å². The molecule has 1 saturated heterocycles. The molecule has 2 heterocycles. The highest BCUT2D eigenvalue weighted by atomic mass is 16.5. The molecular formula is C17H17N5O2. The molecule has 1 N–H and O–H groups in total. The molecule has 0 bridgehead atoms. The molecule has 0 unspecified atom stereocenters. The second-order valence-electron chi connectivity index (χ2n) is 5.48. The predicted octanol–water partition coefficient (Wildman–Crippen LogP) is 1.37. The van der Waals surface area contributed by atoms with E-state index in [1.54, 1.807) is 43.8 Å². The molecule has 1 amide bonds. The van der Waals surface area contributed by atoms with Crippen molar-refractivity contribution in [2.75, 3.05) is 25.1 Å². The average molecular weight is 323 g/mol. The van der Waals surface area contributed by atoms with E-state index in [-0.39, 0.29) is 11.9 Å². The Morgan fingerprint density at radius 3 is 2.79 bits per heavy atom. The third-order valence-corrected chi connectivity index (χ3v) is 3.94. The molecule has 2 aromatic rings. The van der Waals surface area contributed by atoms with Gasteiger partial charge < -0.3 is 15.0 Å². The first-order valence-corrected chi connectivity index (χ1v) is 7.62. The highest BCUT2D eigenvalue weighted by molar-refractivity contribution is 5.94. The second-order valence-corrected chi connectivity index (χ2v) is 5.48. The first-order chi connectivity index (χ1) is 11.7. The quantitative estimate of drug-likeness (QED) is 0.913. The van der Waals surface area contributed by atoms with Crippen LogP contribution in [0.25, 0.3) is 0 Å². The Labute approximate surface area is 139 Å². The van der Waals surface area contributed by atoms with Gasteiger partial charge in [-0.3, -0.25) is 4.79 Å². The molecule has 7 nitrogen and oxygen atoms in total. The van der Waals surface area contributed by atoms with Crippen molar-refractivity contribution < 1.29 is 9.53 Å². The molecule has 0 spiro atoms. The molecular weight excluding hydrogens is 306 g/mol. The number of nitrogens with zero attached hydrogens (tertiary/aromatic N) is 4. The van der Waals surface area contributed by atoms with Gasteiger partial charge >= 0.3 is 0 Å². The summed E-state index contributed by atoms with van der Waals surface area (Å²) in [4.78, 5) is 22.8. The number of amides is 1. The zero-order chi connectivity index (χ0) is 16.9. The normalized spacial score (nSPS) is 16.5. The average Bonchev–Trinajstić information content (AvgIpc) is 3.10. The van der Waals surface area contributed by atoms with Crippen LogP contribution in [-0.4, -0.2) is 42.1 Å². The Kier molecular flexibility index (Phi) is 4.57. The van der Waals surface area contributed by atoms with Crippen LogP contribution in [0.4, 0.5) is 5.82 Å². The molecule has 1 aromatic carbocycles. The van der Waals surface area contributed by atoms with Gasteiger partial charge in [-0.2, -0.15) is 5.26 Å². The maximum Gasteiger partial charge on any atom is 0.257 e. The van der Waals surface area contributed by atoms with Crippen LogP contribution in [0.2, 0.25) is 0 Å². The minimum absolute atomic E-state index is 0.0276. The fourth-order valence-electron chi connectivity index (χ4n) is 2.71. The number of benzene rings is 1.